The van der Waals surface area contributed by atoms with Crippen LogP contribution in [0.25, 0.3) is 0 Å². The van der Waals surface area contributed by atoms with Gasteiger partial charge in [0, 0.05) is 0 Å². The number of benzene rings is 1. The standard InChI is InChI=1S/C15H18N2O3/c1-9-5-4-6-12(7-9)14(15(18)19)16-8-13-17-10(2)11(3)20-13/h4-7,14,16H,8H2,1-3H3,(H,18,19). The van der Waals surface area contributed by atoms with Crippen molar-refractivity contribution in [1.82, 2.24) is 10.3 Å². The Bertz CT molecular complexity index is 600. The number of carbonyl (C=O) groups is 1. The lowest BCUT2D eigenvalue weighted by Gasteiger charge is -2.14. The molecule has 0 aliphatic heterocycles. The summed E-state index contributed by atoms with van der Waals surface area (Å²) in [5.41, 5.74) is 2.57. The van der Waals surface area contributed by atoms with E-state index in [4.69, 9.17) is 4.42 Å². The second-order valence-electron chi connectivity index (χ2n) is 4.82. The molecule has 5 heteroatoms. The molecular formula is C15H18N2O3. The van der Waals surface area contributed by atoms with Gasteiger partial charge in [-0.2, -0.15) is 0 Å². The number of aliphatic carboxylic acids is 1. The van der Waals surface area contributed by atoms with E-state index in [-0.39, 0.29) is 6.54 Å². The Labute approximate surface area is 117 Å². The fourth-order valence-electron chi connectivity index (χ4n) is 2.00. The van der Waals surface area contributed by atoms with Crippen LogP contribution in [0.4, 0.5) is 0 Å². The Morgan fingerprint density at radius 2 is 2.15 bits per heavy atom. The molecule has 2 N–H and O–H groups in total. The van der Waals surface area contributed by atoms with E-state index in [2.05, 4.69) is 10.3 Å². The lowest BCUT2D eigenvalue weighted by atomic mass is 10.0. The quantitative estimate of drug-likeness (QED) is 0.876. The Balaban J connectivity index is 2.12. The summed E-state index contributed by atoms with van der Waals surface area (Å²) in [6.07, 6.45) is 0. The van der Waals surface area contributed by atoms with Gasteiger partial charge in [0.25, 0.3) is 0 Å². The second kappa shape index (κ2) is 5.88. The molecule has 0 saturated heterocycles. The number of carboxylic acid groups (broad SMARTS) is 1. The number of rotatable bonds is 5. The molecule has 20 heavy (non-hydrogen) atoms. The maximum Gasteiger partial charge on any atom is 0.325 e. The van der Waals surface area contributed by atoms with Crippen LogP contribution in [0.2, 0.25) is 0 Å². The van der Waals surface area contributed by atoms with Crippen molar-refractivity contribution in [2.24, 2.45) is 0 Å². The first-order valence-corrected chi connectivity index (χ1v) is 6.43. The highest BCUT2D eigenvalue weighted by Crippen LogP contribution is 2.16. The number of hydrogen-bond acceptors (Lipinski definition) is 4. The van der Waals surface area contributed by atoms with E-state index in [1.807, 2.05) is 39.0 Å². The third-order valence-corrected chi connectivity index (χ3v) is 3.15. The topological polar surface area (TPSA) is 75.4 Å². The van der Waals surface area contributed by atoms with Gasteiger partial charge in [-0.25, -0.2) is 4.98 Å². The van der Waals surface area contributed by atoms with Crippen LogP contribution in [0, 0.1) is 20.8 Å². The third kappa shape index (κ3) is 3.24. The monoisotopic (exact) mass is 274 g/mol. The Hall–Kier alpha value is -2.14. The van der Waals surface area contributed by atoms with Crippen molar-refractivity contribution in [3.8, 4) is 0 Å². The predicted molar refractivity (Wildman–Crippen MR) is 74.4 cm³/mol. The molecule has 0 amide bonds. The number of hydrogen-bond donors (Lipinski definition) is 2. The van der Waals surface area contributed by atoms with Gasteiger partial charge < -0.3 is 9.52 Å². The van der Waals surface area contributed by atoms with E-state index in [1.54, 1.807) is 6.07 Å². The van der Waals surface area contributed by atoms with Gasteiger partial charge >= 0.3 is 5.97 Å². The molecular weight excluding hydrogens is 256 g/mol. The zero-order valence-corrected chi connectivity index (χ0v) is 11.8. The summed E-state index contributed by atoms with van der Waals surface area (Å²) < 4.78 is 5.44. The summed E-state index contributed by atoms with van der Waals surface area (Å²) in [5, 5.41) is 12.3. The van der Waals surface area contributed by atoms with Crippen molar-refractivity contribution >= 4 is 5.97 Å². The lowest BCUT2D eigenvalue weighted by Crippen LogP contribution is -2.28. The number of nitrogens with zero attached hydrogens (tertiary/aromatic N) is 1. The zero-order chi connectivity index (χ0) is 14.7. The molecule has 0 fully saturated rings. The second-order valence-corrected chi connectivity index (χ2v) is 4.82. The normalized spacial score (nSPS) is 12.3. The van der Waals surface area contributed by atoms with Crippen LogP contribution < -0.4 is 5.32 Å². The minimum absolute atomic E-state index is 0.277. The summed E-state index contributed by atoms with van der Waals surface area (Å²) in [6.45, 7) is 5.90. The smallest absolute Gasteiger partial charge is 0.325 e. The van der Waals surface area contributed by atoms with Gasteiger partial charge in [0.15, 0.2) is 0 Å². The number of aryl methyl sites for hydroxylation is 3. The maximum absolute atomic E-state index is 11.4. The number of carboxylic acids is 1. The van der Waals surface area contributed by atoms with Crippen molar-refractivity contribution in [2.45, 2.75) is 33.4 Å². The highest BCUT2D eigenvalue weighted by Gasteiger charge is 2.20. The van der Waals surface area contributed by atoms with E-state index < -0.39 is 12.0 Å². The SMILES string of the molecule is Cc1cccc(C(NCc2nc(C)c(C)o2)C(=O)O)c1. The Morgan fingerprint density at radius 1 is 1.40 bits per heavy atom. The Kier molecular flexibility index (Phi) is 4.20. The molecule has 2 rings (SSSR count). The van der Waals surface area contributed by atoms with Gasteiger partial charge in [-0.3, -0.25) is 10.1 Å². The highest BCUT2D eigenvalue weighted by atomic mass is 16.4. The third-order valence-electron chi connectivity index (χ3n) is 3.15. The number of aromatic nitrogens is 1. The summed E-state index contributed by atoms with van der Waals surface area (Å²) in [5.74, 6) is 0.332. The summed E-state index contributed by atoms with van der Waals surface area (Å²) >= 11 is 0. The molecule has 5 nitrogen and oxygen atoms in total. The van der Waals surface area contributed by atoms with Crippen molar-refractivity contribution in [3.05, 3.63) is 52.7 Å². The van der Waals surface area contributed by atoms with E-state index in [0.717, 1.165) is 22.6 Å². The van der Waals surface area contributed by atoms with Crippen LogP contribution in [-0.4, -0.2) is 16.1 Å². The van der Waals surface area contributed by atoms with Crippen LogP contribution >= 0.6 is 0 Å². The van der Waals surface area contributed by atoms with Crippen LogP contribution in [0.5, 0.6) is 0 Å². The number of oxazole rings is 1. The predicted octanol–water partition coefficient (Wildman–Crippen LogP) is 2.52. The fraction of sp³-hybridized carbons (Fsp3) is 0.333. The van der Waals surface area contributed by atoms with E-state index in [9.17, 15) is 9.90 Å². The maximum atomic E-state index is 11.4. The van der Waals surface area contributed by atoms with E-state index in [0.29, 0.717) is 5.89 Å². The molecule has 106 valence electrons. The van der Waals surface area contributed by atoms with Gasteiger partial charge in [-0.15, -0.1) is 0 Å². The van der Waals surface area contributed by atoms with Crippen molar-refractivity contribution < 1.29 is 14.3 Å². The molecule has 1 aromatic carbocycles. The Morgan fingerprint density at radius 3 is 2.70 bits per heavy atom. The molecule has 1 unspecified atom stereocenters. The molecule has 0 spiro atoms. The van der Waals surface area contributed by atoms with Gasteiger partial charge in [0.1, 0.15) is 11.8 Å². The van der Waals surface area contributed by atoms with Gasteiger partial charge in [0.2, 0.25) is 5.89 Å². The highest BCUT2D eigenvalue weighted by molar-refractivity contribution is 5.75. The first-order chi connectivity index (χ1) is 9.47. The molecule has 1 heterocycles. The van der Waals surface area contributed by atoms with E-state index in [1.165, 1.54) is 0 Å². The summed E-state index contributed by atoms with van der Waals surface area (Å²) in [6, 6.07) is 6.66. The van der Waals surface area contributed by atoms with Gasteiger partial charge in [-0.1, -0.05) is 29.8 Å². The molecule has 1 atom stereocenters. The fourth-order valence-corrected chi connectivity index (χ4v) is 2.00. The lowest BCUT2D eigenvalue weighted by molar-refractivity contribution is -0.139. The first kappa shape index (κ1) is 14.3. The minimum atomic E-state index is -0.921. The molecule has 0 bridgehead atoms. The van der Waals surface area contributed by atoms with Gasteiger partial charge in [-0.05, 0) is 26.3 Å². The molecule has 0 aliphatic rings. The largest absolute Gasteiger partial charge is 0.480 e. The molecule has 1 aromatic heterocycles. The van der Waals surface area contributed by atoms with Crippen molar-refractivity contribution in [1.29, 1.82) is 0 Å². The van der Waals surface area contributed by atoms with Gasteiger partial charge in [0.05, 0.1) is 12.2 Å². The number of nitrogens with one attached hydrogen (secondary N) is 1. The van der Waals surface area contributed by atoms with Crippen LogP contribution in [0.3, 0.4) is 0 Å². The average Bonchev–Trinajstić information content (AvgIpc) is 2.68. The molecule has 0 radical (unpaired) electrons. The van der Waals surface area contributed by atoms with Crippen LogP contribution in [0.15, 0.2) is 28.7 Å². The van der Waals surface area contributed by atoms with Crippen molar-refractivity contribution in [2.75, 3.05) is 0 Å². The van der Waals surface area contributed by atoms with Crippen LogP contribution in [-0.2, 0) is 11.3 Å². The minimum Gasteiger partial charge on any atom is -0.480 e. The van der Waals surface area contributed by atoms with Crippen LogP contribution in [0.1, 0.15) is 34.5 Å². The summed E-state index contributed by atoms with van der Waals surface area (Å²) in [7, 11) is 0. The average molecular weight is 274 g/mol. The summed E-state index contributed by atoms with van der Waals surface area (Å²) in [4.78, 5) is 15.6. The van der Waals surface area contributed by atoms with Crippen molar-refractivity contribution in [3.63, 3.8) is 0 Å². The molecule has 2 aromatic rings. The molecule has 0 saturated carbocycles. The molecule has 0 aliphatic carbocycles. The zero-order valence-electron chi connectivity index (χ0n) is 11.8. The van der Waals surface area contributed by atoms with E-state index >= 15 is 0 Å². The first-order valence-electron chi connectivity index (χ1n) is 6.43.